The minimum Gasteiger partial charge on any atom is -0.369 e. The molecular weight excluding hydrogens is 412 g/mol. The lowest BCUT2D eigenvalue weighted by Crippen LogP contribution is -2.63. The SMILES string of the molecule is CC(C(=O)N[C@@H]1C[C@H](C)CN(c2ccc(C(F)F)c3ncccc23)C1)N1CC(F)(F)C1. The monoisotopic (exact) mass is 438 g/mol. The topological polar surface area (TPSA) is 48.5 Å². The first-order valence-electron chi connectivity index (χ1n) is 10.5. The van der Waals surface area contributed by atoms with E-state index in [0.717, 1.165) is 18.7 Å². The maximum atomic E-state index is 13.4. The van der Waals surface area contributed by atoms with Crippen molar-refractivity contribution >= 4 is 22.5 Å². The van der Waals surface area contributed by atoms with Gasteiger partial charge in [-0.25, -0.2) is 17.6 Å². The molecule has 1 aromatic heterocycles. The summed E-state index contributed by atoms with van der Waals surface area (Å²) in [6.07, 6.45) is -0.356. The molecule has 2 fully saturated rings. The van der Waals surface area contributed by atoms with Crippen LogP contribution in [0.25, 0.3) is 10.9 Å². The van der Waals surface area contributed by atoms with E-state index in [-0.39, 0.29) is 28.9 Å². The molecule has 0 aliphatic carbocycles. The van der Waals surface area contributed by atoms with Gasteiger partial charge in [-0.15, -0.1) is 0 Å². The molecule has 2 saturated heterocycles. The van der Waals surface area contributed by atoms with Crippen LogP contribution >= 0.6 is 0 Å². The van der Waals surface area contributed by atoms with Gasteiger partial charge in [0.15, 0.2) is 0 Å². The van der Waals surface area contributed by atoms with Gasteiger partial charge in [-0.1, -0.05) is 6.92 Å². The summed E-state index contributed by atoms with van der Waals surface area (Å²) in [5.41, 5.74) is 0.976. The molecule has 0 saturated carbocycles. The second kappa shape index (κ2) is 8.26. The van der Waals surface area contributed by atoms with Crippen molar-refractivity contribution in [1.82, 2.24) is 15.2 Å². The van der Waals surface area contributed by atoms with Gasteiger partial charge in [0.25, 0.3) is 12.3 Å². The molecule has 3 atom stereocenters. The number of hydrogen-bond acceptors (Lipinski definition) is 4. The van der Waals surface area contributed by atoms with Crippen molar-refractivity contribution in [3.05, 3.63) is 36.0 Å². The standard InChI is InChI=1S/C22H26F4N4O/c1-13-8-15(28-21(31)14(2)30-11-22(25,26)12-30)10-29(9-13)18-6-5-17(20(23)24)19-16(18)4-3-7-27-19/h3-7,13-15,20H,8-12H2,1-2H3,(H,28,31)/t13-,14?,15+/m0/s1. The number of anilines is 1. The van der Waals surface area contributed by atoms with Crippen LogP contribution in [-0.4, -0.2) is 60.0 Å². The van der Waals surface area contributed by atoms with Crippen LogP contribution in [-0.2, 0) is 4.79 Å². The minimum absolute atomic E-state index is 0.102. The number of hydrogen-bond donors (Lipinski definition) is 1. The highest BCUT2D eigenvalue weighted by Gasteiger charge is 2.47. The minimum atomic E-state index is -2.72. The number of aromatic nitrogens is 1. The summed E-state index contributed by atoms with van der Waals surface area (Å²) < 4.78 is 53.1. The molecule has 2 aliphatic rings. The molecule has 1 unspecified atom stereocenters. The van der Waals surface area contributed by atoms with E-state index in [4.69, 9.17) is 0 Å². The normalized spacial score (nSPS) is 24.8. The molecule has 0 spiro atoms. The number of nitrogens with one attached hydrogen (secondary N) is 1. The van der Waals surface area contributed by atoms with Gasteiger partial charge in [-0.05, 0) is 43.5 Å². The predicted octanol–water partition coefficient (Wildman–Crippen LogP) is 3.84. The number of carbonyl (C=O) groups excluding carboxylic acids is 1. The molecule has 4 rings (SSSR count). The quantitative estimate of drug-likeness (QED) is 0.721. The van der Waals surface area contributed by atoms with Crippen LogP contribution in [0.1, 0.15) is 32.3 Å². The van der Waals surface area contributed by atoms with Crippen LogP contribution < -0.4 is 10.2 Å². The van der Waals surface area contributed by atoms with Gasteiger partial charge >= 0.3 is 0 Å². The summed E-state index contributed by atoms with van der Waals surface area (Å²) >= 11 is 0. The van der Waals surface area contributed by atoms with E-state index in [9.17, 15) is 22.4 Å². The maximum absolute atomic E-state index is 13.4. The van der Waals surface area contributed by atoms with E-state index in [1.807, 2.05) is 0 Å². The van der Waals surface area contributed by atoms with Crippen molar-refractivity contribution in [2.75, 3.05) is 31.1 Å². The molecule has 31 heavy (non-hydrogen) atoms. The van der Waals surface area contributed by atoms with Gasteiger partial charge in [0.1, 0.15) is 0 Å². The largest absolute Gasteiger partial charge is 0.369 e. The summed E-state index contributed by atoms with van der Waals surface area (Å²) in [6.45, 7) is 4.14. The van der Waals surface area contributed by atoms with E-state index in [2.05, 4.69) is 22.1 Å². The number of rotatable bonds is 5. The predicted molar refractivity (Wildman–Crippen MR) is 111 cm³/mol. The lowest BCUT2D eigenvalue weighted by molar-refractivity contribution is -0.156. The Hall–Kier alpha value is -2.42. The Morgan fingerprint density at radius 1 is 1.23 bits per heavy atom. The molecule has 0 radical (unpaired) electrons. The van der Waals surface area contributed by atoms with Gasteiger partial charge < -0.3 is 10.2 Å². The Bertz CT molecular complexity index is 962. The first-order valence-corrected chi connectivity index (χ1v) is 10.5. The van der Waals surface area contributed by atoms with E-state index in [1.165, 1.54) is 17.2 Å². The van der Waals surface area contributed by atoms with E-state index in [1.54, 1.807) is 25.1 Å². The van der Waals surface area contributed by atoms with Gasteiger partial charge in [0, 0.05) is 42.0 Å². The number of benzene rings is 1. The van der Waals surface area contributed by atoms with Gasteiger partial charge in [0.2, 0.25) is 5.91 Å². The zero-order chi connectivity index (χ0) is 22.3. The van der Waals surface area contributed by atoms with E-state index in [0.29, 0.717) is 11.9 Å². The zero-order valence-electron chi connectivity index (χ0n) is 17.5. The number of halogens is 4. The fourth-order valence-corrected chi connectivity index (χ4v) is 4.59. The van der Waals surface area contributed by atoms with Gasteiger partial charge in [-0.2, -0.15) is 0 Å². The maximum Gasteiger partial charge on any atom is 0.272 e. The van der Waals surface area contributed by atoms with Crippen LogP contribution in [0.2, 0.25) is 0 Å². The van der Waals surface area contributed by atoms with E-state index < -0.39 is 31.5 Å². The molecular formula is C22H26F4N4O. The molecule has 1 amide bonds. The fraction of sp³-hybridized carbons (Fsp3) is 0.545. The molecule has 2 aromatic rings. The van der Waals surface area contributed by atoms with Crippen LogP contribution in [0.15, 0.2) is 30.5 Å². The third-order valence-electron chi connectivity index (χ3n) is 6.16. The summed E-state index contributed by atoms with van der Waals surface area (Å²) in [5.74, 6) is -2.73. The molecule has 168 valence electrons. The van der Waals surface area contributed by atoms with Crippen molar-refractivity contribution < 1.29 is 22.4 Å². The first-order chi connectivity index (χ1) is 14.6. The summed E-state index contributed by atoms with van der Waals surface area (Å²) in [5, 5.41) is 3.65. The van der Waals surface area contributed by atoms with Crippen LogP contribution in [0.3, 0.4) is 0 Å². The van der Waals surface area contributed by atoms with Gasteiger partial charge in [-0.3, -0.25) is 14.7 Å². The number of likely N-dealkylation sites (tertiary alicyclic amines) is 1. The van der Waals surface area contributed by atoms with Crippen molar-refractivity contribution in [2.24, 2.45) is 5.92 Å². The molecule has 3 heterocycles. The molecule has 2 aliphatic heterocycles. The average Bonchev–Trinajstić information content (AvgIpc) is 2.69. The second-order valence-corrected chi connectivity index (χ2v) is 8.76. The number of carbonyl (C=O) groups is 1. The molecule has 1 N–H and O–H groups in total. The zero-order valence-corrected chi connectivity index (χ0v) is 17.5. The molecule has 5 nitrogen and oxygen atoms in total. The van der Waals surface area contributed by atoms with Crippen molar-refractivity contribution in [2.45, 2.75) is 44.7 Å². The number of nitrogens with zero attached hydrogens (tertiary/aromatic N) is 3. The Kier molecular flexibility index (Phi) is 5.81. The number of piperidine rings is 1. The summed E-state index contributed by atoms with van der Waals surface area (Å²) in [6, 6.07) is 5.81. The van der Waals surface area contributed by atoms with E-state index >= 15 is 0 Å². The van der Waals surface area contributed by atoms with Crippen molar-refractivity contribution in [3.63, 3.8) is 0 Å². The lowest BCUT2D eigenvalue weighted by atomic mass is 9.94. The van der Waals surface area contributed by atoms with Gasteiger partial charge in [0.05, 0.1) is 24.6 Å². The molecule has 0 bridgehead atoms. The highest BCUT2D eigenvalue weighted by Crippen LogP contribution is 2.35. The Morgan fingerprint density at radius 2 is 1.97 bits per heavy atom. The van der Waals surface area contributed by atoms with Crippen LogP contribution in [0, 0.1) is 5.92 Å². The van der Waals surface area contributed by atoms with Crippen molar-refractivity contribution in [3.8, 4) is 0 Å². The first kappa shape index (κ1) is 21.8. The summed E-state index contributed by atoms with van der Waals surface area (Å²) in [7, 11) is 0. The summed E-state index contributed by atoms with van der Waals surface area (Å²) in [4.78, 5) is 20.3. The van der Waals surface area contributed by atoms with Crippen LogP contribution in [0.4, 0.5) is 23.2 Å². The molecule has 1 aromatic carbocycles. The highest BCUT2D eigenvalue weighted by atomic mass is 19.3. The fourth-order valence-electron chi connectivity index (χ4n) is 4.59. The average molecular weight is 438 g/mol. The number of fused-ring (bicyclic) bond motifs is 1. The van der Waals surface area contributed by atoms with Crippen LogP contribution in [0.5, 0.6) is 0 Å². The third kappa shape index (κ3) is 4.46. The third-order valence-corrected chi connectivity index (χ3v) is 6.16. The molecule has 9 heteroatoms. The number of pyridine rings is 1. The van der Waals surface area contributed by atoms with Crippen molar-refractivity contribution in [1.29, 1.82) is 0 Å². The highest BCUT2D eigenvalue weighted by molar-refractivity contribution is 5.94. The smallest absolute Gasteiger partial charge is 0.272 e. The second-order valence-electron chi connectivity index (χ2n) is 8.76. The Labute approximate surface area is 178 Å². The lowest BCUT2D eigenvalue weighted by Gasteiger charge is -2.43. The Balaban J connectivity index is 1.51. The number of alkyl halides is 4. The Morgan fingerprint density at radius 3 is 2.65 bits per heavy atom. The number of amides is 1.